The van der Waals surface area contributed by atoms with Gasteiger partial charge >= 0.3 is 0 Å². The van der Waals surface area contributed by atoms with E-state index in [-0.39, 0.29) is 29.9 Å². The predicted octanol–water partition coefficient (Wildman–Crippen LogP) is -1.05. The van der Waals surface area contributed by atoms with Crippen molar-refractivity contribution in [3.05, 3.63) is 34.9 Å². The molecule has 1 aromatic rings. The highest BCUT2D eigenvalue weighted by atomic mass is 16.2. The fraction of sp³-hybridized carbons (Fsp3) is 0.476. The third kappa shape index (κ3) is 4.08. The molecule has 0 spiro atoms. The number of hydrogen-bond acceptors (Lipinski definition) is 7. The molecule has 2 saturated heterocycles. The highest BCUT2D eigenvalue weighted by Gasteiger charge is 2.44. The molecule has 1 atom stereocenters. The van der Waals surface area contributed by atoms with Crippen molar-refractivity contribution in [2.75, 3.05) is 39.8 Å². The standard InChI is InChI=1S/C21H25N5O5/c1-22-11-18(28)25-8-6-24(7-9-25)12-13-2-3-14-15(10-13)21(31)26(20(14)30)16-4-5-17(27)23-19(16)29/h2-3,10,16,22H,4-9,11-12H2,1H3,(H,23,27,29). The van der Waals surface area contributed by atoms with E-state index < -0.39 is 29.7 Å². The van der Waals surface area contributed by atoms with Gasteiger partial charge in [0.25, 0.3) is 11.8 Å². The van der Waals surface area contributed by atoms with Crippen molar-refractivity contribution >= 4 is 29.5 Å². The van der Waals surface area contributed by atoms with Gasteiger partial charge in [0.2, 0.25) is 17.7 Å². The summed E-state index contributed by atoms with van der Waals surface area (Å²) in [6.07, 6.45) is 0.234. The SMILES string of the molecule is CNCC(=O)N1CCN(Cc2ccc3c(c2)C(=O)N(C2CCC(=O)NC2=O)C3=O)CC1. The first-order chi connectivity index (χ1) is 14.9. The zero-order valence-electron chi connectivity index (χ0n) is 17.3. The monoisotopic (exact) mass is 427 g/mol. The van der Waals surface area contributed by atoms with Crippen LogP contribution in [0.5, 0.6) is 0 Å². The lowest BCUT2D eigenvalue weighted by Crippen LogP contribution is -2.54. The first kappa shape index (κ1) is 21.1. The number of nitrogens with one attached hydrogen (secondary N) is 2. The van der Waals surface area contributed by atoms with Crippen molar-refractivity contribution in [3.63, 3.8) is 0 Å². The van der Waals surface area contributed by atoms with E-state index in [9.17, 15) is 24.0 Å². The van der Waals surface area contributed by atoms with Crippen LogP contribution in [0, 0.1) is 0 Å². The molecule has 0 bridgehead atoms. The summed E-state index contributed by atoms with van der Waals surface area (Å²) in [4.78, 5) is 66.2. The Balaban J connectivity index is 1.43. The minimum Gasteiger partial charge on any atom is -0.339 e. The van der Waals surface area contributed by atoms with Crippen LogP contribution in [0.25, 0.3) is 0 Å². The van der Waals surface area contributed by atoms with Gasteiger partial charge in [-0.3, -0.25) is 39.1 Å². The van der Waals surface area contributed by atoms with Crippen molar-refractivity contribution in [1.82, 2.24) is 25.3 Å². The number of piperidine rings is 1. The molecule has 10 heteroatoms. The maximum absolute atomic E-state index is 12.9. The molecule has 164 valence electrons. The van der Waals surface area contributed by atoms with E-state index in [2.05, 4.69) is 15.5 Å². The van der Waals surface area contributed by atoms with E-state index in [0.29, 0.717) is 26.2 Å². The van der Waals surface area contributed by atoms with Crippen molar-refractivity contribution in [2.24, 2.45) is 0 Å². The van der Waals surface area contributed by atoms with Crippen molar-refractivity contribution in [2.45, 2.75) is 25.4 Å². The Morgan fingerprint density at radius 2 is 1.77 bits per heavy atom. The fourth-order valence-corrected chi connectivity index (χ4v) is 4.29. The number of rotatable bonds is 5. The summed E-state index contributed by atoms with van der Waals surface area (Å²) in [5.41, 5.74) is 1.45. The molecule has 4 rings (SSSR count). The van der Waals surface area contributed by atoms with Gasteiger partial charge < -0.3 is 10.2 Å². The van der Waals surface area contributed by atoms with Gasteiger partial charge in [-0.2, -0.15) is 0 Å². The summed E-state index contributed by atoms with van der Waals surface area (Å²) < 4.78 is 0. The Labute approximate surface area is 179 Å². The van der Waals surface area contributed by atoms with Crippen LogP contribution >= 0.6 is 0 Å². The lowest BCUT2D eigenvalue weighted by atomic mass is 10.0. The molecule has 2 N–H and O–H groups in total. The number of imide groups is 2. The first-order valence-electron chi connectivity index (χ1n) is 10.4. The van der Waals surface area contributed by atoms with Crippen molar-refractivity contribution in [1.29, 1.82) is 0 Å². The molecule has 0 aliphatic carbocycles. The number of piperazine rings is 1. The van der Waals surface area contributed by atoms with E-state index in [4.69, 9.17) is 0 Å². The maximum Gasteiger partial charge on any atom is 0.262 e. The van der Waals surface area contributed by atoms with E-state index in [1.165, 1.54) is 0 Å². The molecule has 2 fully saturated rings. The van der Waals surface area contributed by atoms with Gasteiger partial charge in [0.15, 0.2) is 0 Å². The minimum absolute atomic E-state index is 0.0809. The summed E-state index contributed by atoms with van der Waals surface area (Å²) in [7, 11) is 1.75. The number of likely N-dealkylation sites (N-methyl/N-ethyl adjacent to an activating group) is 1. The van der Waals surface area contributed by atoms with Crippen LogP contribution in [0.2, 0.25) is 0 Å². The second kappa shape index (κ2) is 8.56. The van der Waals surface area contributed by atoms with Gasteiger partial charge in [0.05, 0.1) is 17.7 Å². The summed E-state index contributed by atoms with van der Waals surface area (Å²) in [5, 5.41) is 5.07. The average Bonchev–Trinajstić information content (AvgIpc) is 2.99. The lowest BCUT2D eigenvalue weighted by Gasteiger charge is -2.34. The van der Waals surface area contributed by atoms with Gasteiger partial charge in [-0.25, -0.2) is 0 Å². The van der Waals surface area contributed by atoms with Gasteiger partial charge in [-0.15, -0.1) is 0 Å². The molecule has 1 aromatic carbocycles. The highest BCUT2D eigenvalue weighted by molar-refractivity contribution is 6.23. The molecule has 0 saturated carbocycles. The predicted molar refractivity (Wildman–Crippen MR) is 109 cm³/mol. The van der Waals surface area contributed by atoms with E-state index >= 15 is 0 Å². The number of amides is 5. The molecule has 5 amide bonds. The Morgan fingerprint density at radius 3 is 2.45 bits per heavy atom. The van der Waals surface area contributed by atoms with Gasteiger partial charge in [0.1, 0.15) is 6.04 Å². The fourth-order valence-electron chi connectivity index (χ4n) is 4.29. The Bertz CT molecular complexity index is 953. The van der Waals surface area contributed by atoms with Gasteiger partial charge in [-0.05, 0) is 31.2 Å². The van der Waals surface area contributed by atoms with E-state index in [1.54, 1.807) is 19.2 Å². The Morgan fingerprint density at radius 1 is 1.06 bits per heavy atom. The van der Waals surface area contributed by atoms with Gasteiger partial charge in [0, 0.05) is 39.1 Å². The van der Waals surface area contributed by atoms with Gasteiger partial charge in [-0.1, -0.05) is 6.07 Å². The third-order valence-electron chi connectivity index (χ3n) is 5.96. The second-order valence-corrected chi connectivity index (χ2v) is 8.01. The molecule has 1 unspecified atom stereocenters. The largest absolute Gasteiger partial charge is 0.339 e. The zero-order chi connectivity index (χ0) is 22.1. The average molecular weight is 427 g/mol. The molecule has 0 aromatic heterocycles. The number of carbonyl (C=O) groups is 5. The molecular formula is C21H25N5O5. The van der Waals surface area contributed by atoms with Crippen LogP contribution in [0.15, 0.2) is 18.2 Å². The van der Waals surface area contributed by atoms with E-state index in [0.717, 1.165) is 23.6 Å². The molecule has 3 heterocycles. The zero-order valence-corrected chi connectivity index (χ0v) is 17.3. The molecule has 0 radical (unpaired) electrons. The molecule has 3 aliphatic rings. The Hall–Kier alpha value is -3.11. The number of fused-ring (bicyclic) bond motifs is 1. The molecule has 31 heavy (non-hydrogen) atoms. The first-order valence-corrected chi connectivity index (χ1v) is 10.4. The quantitative estimate of drug-likeness (QED) is 0.576. The van der Waals surface area contributed by atoms with Crippen LogP contribution < -0.4 is 10.6 Å². The van der Waals surface area contributed by atoms with Crippen molar-refractivity contribution in [3.8, 4) is 0 Å². The maximum atomic E-state index is 12.9. The molecule has 10 nitrogen and oxygen atoms in total. The molecular weight excluding hydrogens is 402 g/mol. The number of nitrogens with zero attached hydrogens (tertiary/aromatic N) is 3. The summed E-state index contributed by atoms with van der Waals surface area (Å²) >= 11 is 0. The normalized spacial score (nSPS) is 22.0. The van der Waals surface area contributed by atoms with Crippen LogP contribution in [0.1, 0.15) is 39.1 Å². The minimum atomic E-state index is -0.961. The number of hydrogen-bond donors (Lipinski definition) is 2. The topological polar surface area (TPSA) is 119 Å². The number of benzene rings is 1. The Kier molecular flexibility index (Phi) is 5.84. The second-order valence-electron chi connectivity index (χ2n) is 8.01. The summed E-state index contributed by atoms with van der Waals surface area (Å²) in [5.74, 6) is -1.93. The smallest absolute Gasteiger partial charge is 0.262 e. The summed E-state index contributed by atoms with van der Waals surface area (Å²) in [6.45, 7) is 3.66. The third-order valence-corrected chi connectivity index (χ3v) is 5.96. The van der Waals surface area contributed by atoms with Crippen LogP contribution in [0.3, 0.4) is 0 Å². The van der Waals surface area contributed by atoms with Crippen LogP contribution in [-0.2, 0) is 20.9 Å². The van der Waals surface area contributed by atoms with Crippen molar-refractivity contribution < 1.29 is 24.0 Å². The van der Waals surface area contributed by atoms with Crippen LogP contribution in [0.4, 0.5) is 0 Å². The highest BCUT2D eigenvalue weighted by Crippen LogP contribution is 2.28. The lowest BCUT2D eigenvalue weighted by molar-refractivity contribution is -0.136. The van der Waals surface area contributed by atoms with E-state index in [1.807, 2.05) is 11.0 Å². The molecule has 3 aliphatic heterocycles. The number of carbonyl (C=O) groups excluding carboxylic acids is 5. The summed E-state index contributed by atoms with van der Waals surface area (Å²) in [6, 6.07) is 4.19. The van der Waals surface area contributed by atoms with Crippen LogP contribution in [-0.4, -0.2) is 90.0 Å².